The molecular weight excluding hydrogens is 370 g/mol. The van der Waals surface area contributed by atoms with Crippen molar-refractivity contribution in [3.63, 3.8) is 0 Å². The molecule has 0 unspecified atom stereocenters. The Morgan fingerprint density at radius 2 is 1.29 bits per heavy atom. The summed E-state index contributed by atoms with van der Waals surface area (Å²) in [5.74, 6) is 0.826. The molecule has 0 atom stereocenters. The number of thiophene rings is 1. The summed E-state index contributed by atoms with van der Waals surface area (Å²) in [5, 5.41) is 13.4. The first-order chi connectivity index (χ1) is 13.5. The van der Waals surface area contributed by atoms with Gasteiger partial charge < -0.3 is 4.74 Å². The van der Waals surface area contributed by atoms with E-state index in [0.29, 0.717) is 0 Å². The van der Waals surface area contributed by atoms with E-state index in [1.807, 2.05) is 24.3 Å². The summed E-state index contributed by atoms with van der Waals surface area (Å²) in [6.45, 7) is 4.23. The molecular formula is C23H19NO3S. The molecule has 0 fully saturated rings. The Hall–Kier alpha value is -3.18. The number of benzene rings is 3. The van der Waals surface area contributed by atoms with Crippen molar-refractivity contribution in [2.45, 2.75) is 13.8 Å². The number of rotatable bonds is 4. The van der Waals surface area contributed by atoms with Crippen LogP contribution in [-0.4, -0.2) is 12.0 Å². The first kappa shape index (κ1) is 18.2. The van der Waals surface area contributed by atoms with Gasteiger partial charge in [0, 0.05) is 32.7 Å². The van der Waals surface area contributed by atoms with Gasteiger partial charge in [-0.25, -0.2) is 0 Å². The highest BCUT2D eigenvalue weighted by Crippen LogP contribution is 2.45. The third kappa shape index (κ3) is 3.14. The lowest BCUT2D eigenvalue weighted by Crippen LogP contribution is -1.86. The number of nitro groups is 1. The Bertz CT molecular complexity index is 1180. The molecule has 4 aromatic rings. The Kier molecular flexibility index (Phi) is 4.61. The third-order valence-corrected chi connectivity index (χ3v) is 6.34. The molecule has 0 N–H and O–H groups in total. The van der Waals surface area contributed by atoms with Gasteiger partial charge in [0.05, 0.1) is 12.0 Å². The van der Waals surface area contributed by atoms with E-state index in [4.69, 9.17) is 4.74 Å². The van der Waals surface area contributed by atoms with Crippen LogP contribution in [0.15, 0.2) is 60.7 Å². The second kappa shape index (κ2) is 7.09. The largest absolute Gasteiger partial charge is 0.497 e. The summed E-state index contributed by atoms with van der Waals surface area (Å²) in [6.07, 6.45) is 0. The van der Waals surface area contributed by atoms with Crippen LogP contribution in [0, 0.1) is 24.0 Å². The van der Waals surface area contributed by atoms with Gasteiger partial charge in [-0.15, -0.1) is 11.3 Å². The van der Waals surface area contributed by atoms with Crippen LogP contribution in [-0.2, 0) is 0 Å². The van der Waals surface area contributed by atoms with Crippen molar-refractivity contribution in [3.05, 3.63) is 81.9 Å². The molecule has 28 heavy (non-hydrogen) atoms. The van der Waals surface area contributed by atoms with E-state index < -0.39 is 0 Å². The molecule has 0 radical (unpaired) electrons. The van der Waals surface area contributed by atoms with Crippen molar-refractivity contribution in [3.8, 4) is 26.6 Å². The minimum Gasteiger partial charge on any atom is -0.497 e. The Morgan fingerprint density at radius 1 is 0.821 bits per heavy atom. The van der Waals surface area contributed by atoms with E-state index in [1.54, 1.807) is 30.6 Å². The molecule has 0 saturated carbocycles. The van der Waals surface area contributed by atoms with Gasteiger partial charge in [0.2, 0.25) is 0 Å². The summed E-state index contributed by atoms with van der Waals surface area (Å²) >= 11 is 1.71. The van der Waals surface area contributed by atoms with Crippen LogP contribution in [0.4, 0.5) is 5.69 Å². The predicted molar refractivity (Wildman–Crippen MR) is 115 cm³/mol. The molecule has 0 aliphatic carbocycles. The number of ether oxygens (including phenoxy) is 1. The van der Waals surface area contributed by atoms with Crippen molar-refractivity contribution >= 4 is 27.8 Å². The third-order valence-electron chi connectivity index (χ3n) is 5.02. The Morgan fingerprint density at radius 3 is 1.71 bits per heavy atom. The van der Waals surface area contributed by atoms with Crippen LogP contribution in [0.1, 0.15) is 11.1 Å². The highest BCUT2D eigenvalue weighted by atomic mass is 32.1. The summed E-state index contributed by atoms with van der Waals surface area (Å²) in [7, 11) is 1.66. The Balaban J connectivity index is 1.93. The van der Waals surface area contributed by atoms with Crippen LogP contribution in [0.5, 0.6) is 5.75 Å². The lowest BCUT2D eigenvalue weighted by Gasteiger charge is -2.05. The lowest BCUT2D eigenvalue weighted by molar-refractivity contribution is -0.384. The summed E-state index contributed by atoms with van der Waals surface area (Å²) in [6, 6.07) is 19.3. The van der Waals surface area contributed by atoms with Gasteiger partial charge in [-0.1, -0.05) is 0 Å². The quantitative estimate of drug-likeness (QED) is 0.286. The number of methoxy groups -OCH3 is 1. The molecule has 4 nitrogen and oxygen atoms in total. The fourth-order valence-corrected chi connectivity index (χ4v) is 4.58. The maximum absolute atomic E-state index is 11.0. The number of nitro benzene ring substituents is 1. The fourth-order valence-electron chi connectivity index (χ4n) is 3.31. The zero-order chi connectivity index (χ0) is 19.8. The highest BCUT2D eigenvalue weighted by Gasteiger charge is 2.16. The lowest BCUT2D eigenvalue weighted by atomic mass is 9.99. The zero-order valence-electron chi connectivity index (χ0n) is 15.9. The number of nitrogens with zero attached hydrogens (tertiary/aromatic N) is 1. The van der Waals surface area contributed by atoms with E-state index in [0.717, 1.165) is 21.8 Å². The minimum atomic E-state index is -0.368. The van der Waals surface area contributed by atoms with Crippen molar-refractivity contribution in [1.29, 1.82) is 0 Å². The average Bonchev–Trinajstić information content (AvgIpc) is 3.06. The van der Waals surface area contributed by atoms with E-state index in [1.165, 1.54) is 26.8 Å². The van der Waals surface area contributed by atoms with E-state index >= 15 is 0 Å². The number of hydrogen-bond acceptors (Lipinski definition) is 4. The van der Waals surface area contributed by atoms with Crippen LogP contribution in [0.2, 0.25) is 0 Å². The first-order valence-corrected chi connectivity index (χ1v) is 9.72. The monoisotopic (exact) mass is 389 g/mol. The number of hydrogen-bond donors (Lipinski definition) is 0. The molecule has 0 amide bonds. The van der Waals surface area contributed by atoms with Crippen LogP contribution < -0.4 is 4.74 Å². The van der Waals surface area contributed by atoms with Gasteiger partial charge in [0.15, 0.2) is 0 Å². The molecule has 0 saturated heterocycles. The minimum absolute atomic E-state index is 0.104. The zero-order valence-corrected chi connectivity index (χ0v) is 16.7. The molecule has 1 aromatic heterocycles. The molecule has 1 heterocycles. The topological polar surface area (TPSA) is 52.4 Å². The van der Waals surface area contributed by atoms with E-state index in [-0.39, 0.29) is 10.6 Å². The van der Waals surface area contributed by atoms with Crippen LogP contribution >= 0.6 is 11.3 Å². The molecule has 0 bridgehead atoms. The van der Waals surface area contributed by atoms with Crippen molar-refractivity contribution in [1.82, 2.24) is 0 Å². The normalized spacial score (nSPS) is 11.0. The van der Waals surface area contributed by atoms with Crippen molar-refractivity contribution in [2.75, 3.05) is 7.11 Å². The van der Waals surface area contributed by atoms with Gasteiger partial charge >= 0.3 is 0 Å². The molecule has 3 aromatic carbocycles. The molecule has 5 heteroatoms. The van der Waals surface area contributed by atoms with E-state index in [2.05, 4.69) is 38.1 Å². The fraction of sp³-hybridized carbons (Fsp3) is 0.130. The van der Waals surface area contributed by atoms with Crippen LogP contribution in [0.3, 0.4) is 0 Å². The van der Waals surface area contributed by atoms with Gasteiger partial charge in [-0.05, 0) is 84.6 Å². The SMILES string of the molecule is COc1ccc(-c2sc(-c3ccc([N+](=O)[O-])cc3)c3cc(C)c(C)cc23)cc1. The maximum Gasteiger partial charge on any atom is 0.269 e. The van der Waals surface area contributed by atoms with Crippen molar-refractivity contribution in [2.24, 2.45) is 0 Å². The summed E-state index contributed by atoms with van der Waals surface area (Å²) in [5.41, 5.74) is 4.70. The Labute approximate surface area is 167 Å². The molecule has 0 aliphatic heterocycles. The number of fused-ring (bicyclic) bond motifs is 1. The average molecular weight is 389 g/mol. The standard InChI is InChI=1S/C23H19NO3S/c1-14-12-20-21(13-15(14)2)23(17-6-10-19(27-3)11-7-17)28-22(20)16-4-8-18(9-5-16)24(25)26/h4-13H,1-3H3. The van der Waals surface area contributed by atoms with Gasteiger partial charge in [0.25, 0.3) is 5.69 Å². The van der Waals surface area contributed by atoms with Crippen LogP contribution in [0.25, 0.3) is 31.7 Å². The highest BCUT2D eigenvalue weighted by molar-refractivity contribution is 7.21. The van der Waals surface area contributed by atoms with Gasteiger partial charge in [-0.3, -0.25) is 10.1 Å². The predicted octanol–water partition coefficient (Wildman–Crippen LogP) is 6.77. The molecule has 0 aliphatic rings. The summed E-state index contributed by atoms with van der Waals surface area (Å²) < 4.78 is 5.28. The number of aryl methyl sites for hydroxylation is 2. The second-order valence-electron chi connectivity index (χ2n) is 6.77. The van der Waals surface area contributed by atoms with Gasteiger partial charge in [-0.2, -0.15) is 0 Å². The first-order valence-electron chi connectivity index (χ1n) is 8.91. The number of non-ortho nitro benzene ring substituents is 1. The molecule has 140 valence electrons. The van der Waals surface area contributed by atoms with E-state index in [9.17, 15) is 10.1 Å². The molecule has 0 spiro atoms. The molecule has 4 rings (SSSR count). The summed E-state index contributed by atoms with van der Waals surface area (Å²) in [4.78, 5) is 12.9. The smallest absolute Gasteiger partial charge is 0.269 e. The van der Waals surface area contributed by atoms with Gasteiger partial charge in [0.1, 0.15) is 5.75 Å². The van der Waals surface area contributed by atoms with Crippen molar-refractivity contribution < 1.29 is 9.66 Å². The second-order valence-corrected chi connectivity index (χ2v) is 7.80. The maximum atomic E-state index is 11.0.